The summed E-state index contributed by atoms with van der Waals surface area (Å²) in [4.78, 5) is 28.1. The van der Waals surface area contributed by atoms with Gasteiger partial charge in [0.1, 0.15) is 28.6 Å². The molecule has 1 amide bonds. The van der Waals surface area contributed by atoms with Gasteiger partial charge in [0.15, 0.2) is 5.78 Å². The molecule has 150 valence electrons. The maximum atomic E-state index is 14.0. The minimum atomic E-state index is -1.68. The number of fused-ring (bicyclic) bond motifs is 2. The van der Waals surface area contributed by atoms with Gasteiger partial charge < -0.3 is 15.4 Å². The molecule has 0 aliphatic carbocycles. The van der Waals surface area contributed by atoms with E-state index in [9.17, 15) is 19.2 Å². The van der Waals surface area contributed by atoms with E-state index in [1.165, 1.54) is 24.0 Å². The number of hydrogen-bond donors (Lipinski definition) is 1. The van der Waals surface area contributed by atoms with Crippen LogP contribution in [0.1, 0.15) is 25.0 Å². The number of nitrogens with zero attached hydrogens (tertiary/aromatic N) is 2. The van der Waals surface area contributed by atoms with Gasteiger partial charge in [0.25, 0.3) is 0 Å². The van der Waals surface area contributed by atoms with Crippen molar-refractivity contribution in [2.75, 3.05) is 4.90 Å². The van der Waals surface area contributed by atoms with Gasteiger partial charge in [0.2, 0.25) is 11.8 Å². The largest absolute Gasteiger partial charge is 0.445 e. The van der Waals surface area contributed by atoms with Crippen molar-refractivity contribution >= 4 is 17.4 Å². The number of allylic oxidation sites excluding steroid dienone is 1. The number of nitriles is 1. The molecule has 2 aromatic carbocycles. The number of carbonyl (C=O) groups excluding carboxylic acids is 2. The first-order valence-electron chi connectivity index (χ1n) is 9.28. The summed E-state index contributed by atoms with van der Waals surface area (Å²) in [7, 11) is 0. The van der Waals surface area contributed by atoms with Crippen molar-refractivity contribution in [3.8, 4) is 6.07 Å². The minimum Gasteiger partial charge on any atom is -0.445 e. The molecule has 2 N–H and O–H groups in total. The monoisotopic (exact) mass is 403 g/mol. The second-order valence-electron chi connectivity index (χ2n) is 7.23. The Morgan fingerprint density at radius 2 is 1.90 bits per heavy atom. The molecular weight excluding hydrogens is 385 g/mol. The van der Waals surface area contributed by atoms with E-state index in [2.05, 4.69) is 0 Å². The summed E-state index contributed by atoms with van der Waals surface area (Å²) in [5.74, 6) is -1.26. The van der Waals surface area contributed by atoms with E-state index in [1.54, 1.807) is 43.3 Å². The number of hydrogen-bond acceptors (Lipinski definition) is 5. The first-order valence-corrected chi connectivity index (χ1v) is 9.28. The fraction of sp³-hybridized carbons (Fsp3) is 0.174. The second-order valence-corrected chi connectivity index (χ2v) is 7.23. The molecule has 0 aromatic heterocycles. The Bertz CT molecular complexity index is 1190. The Morgan fingerprint density at radius 1 is 1.23 bits per heavy atom. The number of para-hydroxylation sites is 1. The Labute approximate surface area is 172 Å². The van der Waals surface area contributed by atoms with Gasteiger partial charge in [-0.2, -0.15) is 5.26 Å². The highest BCUT2D eigenvalue weighted by Gasteiger charge is 2.60. The highest BCUT2D eigenvalue weighted by molar-refractivity contribution is 6.19. The average molecular weight is 403 g/mol. The van der Waals surface area contributed by atoms with Crippen molar-refractivity contribution in [3.63, 3.8) is 0 Å². The summed E-state index contributed by atoms with van der Waals surface area (Å²) in [6.07, 6.45) is 0. The molecule has 0 unspecified atom stereocenters. The van der Waals surface area contributed by atoms with E-state index in [0.717, 1.165) is 0 Å². The number of rotatable bonds is 3. The number of carbonyl (C=O) groups is 2. The van der Waals surface area contributed by atoms with E-state index in [0.29, 0.717) is 16.8 Å². The number of amides is 1. The van der Waals surface area contributed by atoms with Crippen LogP contribution in [0.25, 0.3) is 0 Å². The molecule has 0 saturated carbocycles. The minimum absolute atomic E-state index is 0.0901. The molecule has 2 aromatic rings. The van der Waals surface area contributed by atoms with Crippen LogP contribution in [0.15, 0.2) is 71.3 Å². The van der Waals surface area contributed by atoms with E-state index >= 15 is 0 Å². The van der Waals surface area contributed by atoms with Crippen LogP contribution >= 0.6 is 0 Å². The third-order valence-corrected chi connectivity index (χ3v) is 5.49. The highest BCUT2D eigenvalue weighted by atomic mass is 19.1. The number of Topliss-reactive ketones (excluding diaryl/α,β-unsaturated/α-hetero) is 1. The number of halogens is 1. The third-order valence-electron chi connectivity index (χ3n) is 5.49. The fourth-order valence-corrected chi connectivity index (χ4v) is 4.36. The number of benzene rings is 2. The lowest BCUT2D eigenvalue weighted by Crippen LogP contribution is -2.47. The number of ether oxygens (including phenoxy) is 1. The zero-order valence-electron chi connectivity index (χ0n) is 16.4. The molecule has 0 radical (unpaired) electrons. The van der Waals surface area contributed by atoms with E-state index in [-0.39, 0.29) is 40.9 Å². The summed E-state index contributed by atoms with van der Waals surface area (Å²) in [6.45, 7) is 3.03. The van der Waals surface area contributed by atoms with Gasteiger partial charge in [-0.25, -0.2) is 4.39 Å². The summed E-state index contributed by atoms with van der Waals surface area (Å²) in [6, 6.07) is 14.8. The Balaban J connectivity index is 1.98. The van der Waals surface area contributed by atoms with Crippen LogP contribution in [0.2, 0.25) is 0 Å². The predicted molar refractivity (Wildman–Crippen MR) is 107 cm³/mol. The van der Waals surface area contributed by atoms with Crippen LogP contribution in [0.4, 0.5) is 10.1 Å². The molecule has 1 atom stereocenters. The van der Waals surface area contributed by atoms with E-state index in [4.69, 9.17) is 10.5 Å². The zero-order valence-corrected chi connectivity index (χ0v) is 16.4. The third kappa shape index (κ3) is 2.54. The Hall–Kier alpha value is -3.92. The molecule has 7 heteroatoms. The number of ketones is 1. The van der Waals surface area contributed by atoms with Crippen LogP contribution in [-0.2, 0) is 26.3 Å². The molecule has 2 heterocycles. The average Bonchev–Trinajstić information content (AvgIpc) is 2.93. The molecule has 2 aliphatic rings. The Morgan fingerprint density at radius 3 is 2.53 bits per heavy atom. The Kier molecular flexibility index (Phi) is 4.43. The molecule has 0 fully saturated rings. The first-order chi connectivity index (χ1) is 14.3. The van der Waals surface area contributed by atoms with Gasteiger partial charge in [0.05, 0.1) is 12.1 Å². The molecule has 0 bridgehead atoms. The predicted octanol–water partition coefficient (Wildman–Crippen LogP) is 3.20. The number of nitrogens with two attached hydrogens (primary N) is 1. The van der Waals surface area contributed by atoms with Gasteiger partial charge in [-0.05, 0) is 37.6 Å². The highest BCUT2D eigenvalue weighted by Crippen LogP contribution is 2.54. The number of anilines is 1. The van der Waals surface area contributed by atoms with Gasteiger partial charge in [-0.15, -0.1) is 0 Å². The van der Waals surface area contributed by atoms with Crippen LogP contribution in [0, 0.1) is 17.1 Å². The van der Waals surface area contributed by atoms with Gasteiger partial charge in [-0.1, -0.05) is 30.3 Å². The molecule has 1 spiro atoms. The fourth-order valence-electron chi connectivity index (χ4n) is 4.36. The van der Waals surface area contributed by atoms with Crippen LogP contribution in [0.5, 0.6) is 0 Å². The lowest BCUT2D eigenvalue weighted by atomic mass is 9.67. The maximum absolute atomic E-state index is 14.0. The molecule has 2 aliphatic heterocycles. The SMILES string of the molecule is CC(=O)C1=C(C)OC(N)=C(C#N)[C@]12C(=O)N(Cc1ccc(F)cc1)c1ccccc12. The summed E-state index contributed by atoms with van der Waals surface area (Å²) in [5.41, 5.74) is 6.05. The standard InChI is InChI=1S/C23H18FN3O3/c1-13(28)20-14(2)30-21(26)18(11-25)23(20)17-5-3-4-6-19(17)27(22(23)29)12-15-7-9-16(24)10-8-15/h3-10H,12,26H2,1-2H3/t23-/m0/s1. The van der Waals surface area contributed by atoms with Crippen molar-refractivity contribution in [1.29, 1.82) is 5.26 Å². The molecule has 4 rings (SSSR count). The maximum Gasteiger partial charge on any atom is 0.248 e. The van der Waals surface area contributed by atoms with Crippen molar-refractivity contribution in [1.82, 2.24) is 0 Å². The van der Waals surface area contributed by atoms with Crippen LogP contribution < -0.4 is 10.6 Å². The smallest absolute Gasteiger partial charge is 0.248 e. The van der Waals surface area contributed by atoms with Crippen LogP contribution in [-0.4, -0.2) is 11.7 Å². The van der Waals surface area contributed by atoms with Crippen molar-refractivity contribution in [3.05, 3.63) is 88.3 Å². The zero-order chi connectivity index (χ0) is 21.6. The summed E-state index contributed by atoms with van der Waals surface area (Å²) < 4.78 is 18.8. The van der Waals surface area contributed by atoms with Crippen molar-refractivity contribution in [2.24, 2.45) is 5.73 Å². The summed E-state index contributed by atoms with van der Waals surface area (Å²) >= 11 is 0. The van der Waals surface area contributed by atoms with E-state index < -0.39 is 11.3 Å². The first kappa shape index (κ1) is 19.4. The second kappa shape index (κ2) is 6.85. The quantitative estimate of drug-likeness (QED) is 0.849. The van der Waals surface area contributed by atoms with Crippen LogP contribution in [0.3, 0.4) is 0 Å². The van der Waals surface area contributed by atoms with E-state index in [1.807, 2.05) is 6.07 Å². The summed E-state index contributed by atoms with van der Waals surface area (Å²) in [5, 5.41) is 9.91. The normalized spacial score (nSPS) is 20.3. The van der Waals surface area contributed by atoms with Gasteiger partial charge in [0, 0.05) is 11.3 Å². The van der Waals surface area contributed by atoms with Gasteiger partial charge in [-0.3, -0.25) is 9.59 Å². The molecule has 6 nitrogen and oxygen atoms in total. The topological polar surface area (TPSA) is 96.4 Å². The lowest BCUT2D eigenvalue weighted by molar-refractivity contribution is -0.123. The lowest BCUT2D eigenvalue weighted by Gasteiger charge is -2.34. The molecular formula is C23H18FN3O3. The van der Waals surface area contributed by atoms with Gasteiger partial charge >= 0.3 is 0 Å². The van der Waals surface area contributed by atoms with Crippen molar-refractivity contribution < 1.29 is 18.7 Å². The molecule has 0 saturated heterocycles. The molecule has 30 heavy (non-hydrogen) atoms. The van der Waals surface area contributed by atoms with Crippen molar-refractivity contribution in [2.45, 2.75) is 25.8 Å².